The highest BCUT2D eigenvalue weighted by atomic mass is 16.4. The highest BCUT2D eigenvalue weighted by Crippen LogP contribution is 2.05. The Labute approximate surface area is 77.2 Å². The summed E-state index contributed by atoms with van der Waals surface area (Å²) in [4.78, 5) is 7.98. The molecular weight excluding hydrogens is 166 g/mol. The molecule has 2 aromatic rings. The molecule has 4 heteroatoms. The van der Waals surface area contributed by atoms with Crippen LogP contribution in [0.2, 0.25) is 0 Å². The number of hydrogen-bond acceptors (Lipinski definition) is 3. The summed E-state index contributed by atoms with van der Waals surface area (Å²) in [6.45, 7) is 5.88. The molecule has 0 aliphatic rings. The van der Waals surface area contributed by atoms with Crippen LogP contribution in [-0.2, 0) is 0 Å². The molecular formula is C9H13N3O. The van der Waals surface area contributed by atoms with Crippen LogP contribution in [-0.4, -0.2) is 14.5 Å². The van der Waals surface area contributed by atoms with Gasteiger partial charge in [0.1, 0.15) is 12.6 Å². The number of aryl methyl sites for hydroxylation is 1. The minimum atomic E-state index is 0.556. The first-order chi connectivity index (χ1) is 6.36. The third-order valence-corrected chi connectivity index (χ3v) is 1.33. The first-order valence-corrected chi connectivity index (χ1v) is 4.27. The second-order valence-electron chi connectivity index (χ2n) is 2.24. The average molecular weight is 179 g/mol. The molecule has 0 saturated heterocycles. The van der Waals surface area contributed by atoms with Gasteiger partial charge in [-0.25, -0.2) is 4.98 Å². The lowest BCUT2D eigenvalue weighted by Gasteiger charge is -1.89. The predicted octanol–water partition coefficient (Wildman–Crippen LogP) is 2.19. The molecule has 0 radical (unpaired) electrons. The van der Waals surface area contributed by atoms with Crippen LogP contribution in [0.5, 0.6) is 0 Å². The van der Waals surface area contributed by atoms with Gasteiger partial charge in [0.15, 0.2) is 0 Å². The van der Waals surface area contributed by atoms with E-state index in [0.29, 0.717) is 6.01 Å². The van der Waals surface area contributed by atoms with Gasteiger partial charge < -0.3 is 4.42 Å². The van der Waals surface area contributed by atoms with Gasteiger partial charge >= 0.3 is 6.01 Å². The lowest BCUT2D eigenvalue weighted by molar-refractivity contribution is 0.526. The van der Waals surface area contributed by atoms with Crippen LogP contribution in [0.15, 0.2) is 29.4 Å². The van der Waals surface area contributed by atoms with E-state index in [0.717, 1.165) is 5.69 Å². The molecule has 0 fully saturated rings. The van der Waals surface area contributed by atoms with Gasteiger partial charge in [0, 0.05) is 12.4 Å². The average Bonchev–Trinajstić information content (AvgIpc) is 2.77. The fourth-order valence-corrected chi connectivity index (χ4v) is 0.832. The van der Waals surface area contributed by atoms with Crippen LogP contribution >= 0.6 is 0 Å². The minimum Gasteiger partial charge on any atom is -0.431 e. The molecule has 2 rings (SSSR count). The number of hydrogen-bond donors (Lipinski definition) is 0. The summed E-state index contributed by atoms with van der Waals surface area (Å²) >= 11 is 0. The van der Waals surface area contributed by atoms with Crippen LogP contribution in [0.1, 0.15) is 19.5 Å². The Morgan fingerprint density at radius 3 is 2.62 bits per heavy atom. The summed E-state index contributed by atoms with van der Waals surface area (Å²) in [7, 11) is 0. The number of rotatable bonds is 1. The molecule has 2 aromatic heterocycles. The Balaban J connectivity index is 0.000000396. The molecule has 0 aliphatic heterocycles. The van der Waals surface area contributed by atoms with Crippen molar-refractivity contribution in [2.75, 3.05) is 0 Å². The number of imidazole rings is 1. The fourth-order valence-electron chi connectivity index (χ4n) is 0.832. The zero-order valence-corrected chi connectivity index (χ0v) is 8.06. The molecule has 0 amide bonds. The summed E-state index contributed by atoms with van der Waals surface area (Å²) in [5, 5.41) is 0. The van der Waals surface area contributed by atoms with E-state index >= 15 is 0 Å². The molecule has 0 N–H and O–H groups in total. The van der Waals surface area contributed by atoms with Crippen LogP contribution in [0.4, 0.5) is 0 Å². The lowest BCUT2D eigenvalue weighted by Crippen LogP contribution is -1.88. The fraction of sp³-hybridized carbons (Fsp3) is 0.333. The normalized spacial score (nSPS) is 9.15. The van der Waals surface area contributed by atoms with Crippen molar-refractivity contribution in [3.8, 4) is 6.01 Å². The molecule has 0 aromatic carbocycles. The number of nitrogens with zero attached hydrogens (tertiary/aromatic N) is 3. The molecule has 0 spiro atoms. The predicted molar refractivity (Wildman–Crippen MR) is 49.7 cm³/mol. The SMILES string of the molecule is CC.Cc1coc(-n2ccnc2)n1. The maximum absolute atomic E-state index is 5.12. The van der Waals surface area contributed by atoms with Crippen LogP contribution in [0.3, 0.4) is 0 Å². The smallest absolute Gasteiger partial charge is 0.307 e. The van der Waals surface area contributed by atoms with Crippen molar-refractivity contribution >= 4 is 0 Å². The third kappa shape index (κ3) is 2.18. The monoisotopic (exact) mass is 179 g/mol. The van der Waals surface area contributed by atoms with E-state index in [9.17, 15) is 0 Å². The third-order valence-electron chi connectivity index (χ3n) is 1.33. The molecule has 13 heavy (non-hydrogen) atoms. The molecule has 0 atom stereocenters. The summed E-state index contributed by atoms with van der Waals surface area (Å²) < 4.78 is 6.84. The van der Waals surface area contributed by atoms with Crippen molar-refractivity contribution in [3.63, 3.8) is 0 Å². The first kappa shape index (κ1) is 9.51. The van der Waals surface area contributed by atoms with Crippen molar-refractivity contribution in [2.24, 2.45) is 0 Å². The Kier molecular flexibility index (Phi) is 3.25. The summed E-state index contributed by atoms with van der Waals surface area (Å²) in [5.74, 6) is 0. The van der Waals surface area contributed by atoms with Gasteiger partial charge in [-0.05, 0) is 6.92 Å². The van der Waals surface area contributed by atoms with Gasteiger partial charge in [0.2, 0.25) is 0 Å². The topological polar surface area (TPSA) is 43.9 Å². The van der Waals surface area contributed by atoms with Gasteiger partial charge in [-0.1, -0.05) is 13.8 Å². The summed E-state index contributed by atoms with van der Waals surface area (Å²) in [6, 6.07) is 0.556. The van der Waals surface area contributed by atoms with Gasteiger partial charge in [0.25, 0.3) is 0 Å². The van der Waals surface area contributed by atoms with E-state index < -0.39 is 0 Å². The highest BCUT2D eigenvalue weighted by molar-refractivity contribution is 5.08. The maximum Gasteiger partial charge on any atom is 0.307 e. The van der Waals surface area contributed by atoms with Gasteiger partial charge in [-0.3, -0.25) is 4.57 Å². The van der Waals surface area contributed by atoms with Crippen LogP contribution in [0, 0.1) is 6.92 Å². The molecule has 2 heterocycles. The largest absolute Gasteiger partial charge is 0.431 e. The highest BCUT2D eigenvalue weighted by Gasteiger charge is 2.00. The van der Waals surface area contributed by atoms with E-state index in [-0.39, 0.29) is 0 Å². The standard InChI is InChI=1S/C7H7N3O.C2H6/c1-6-4-11-7(9-6)10-3-2-8-5-10;1-2/h2-5H,1H3;1-2H3. The van der Waals surface area contributed by atoms with E-state index in [1.54, 1.807) is 29.6 Å². The minimum absolute atomic E-state index is 0.556. The molecule has 0 aliphatic carbocycles. The lowest BCUT2D eigenvalue weighted by atomic mass is 10.6. The molecule has 70 valence electrons. The van der Waals surface area contributed by atoms with Crippen molar-refractivity contribution in [2.45, 2.75) is 20.8 Å². The van der Waals surface area contributed by atoms with E-state index in [4.69, 9.17) is 4.42 Å². The first-order valence-electron chi connectivity index (χ1n) is 4.27. The Hall–Kier alpha value is -1.58. The van der Waals surface area contributed by atoms with E-state index in [1.807, 2.05) is 20.8 Å². The van der Waals surface area contributed by atoms with Gasteiger partial charge in [0.05, 0.1) is 5.69 Å². The number of aromatic nitrogens is 3. The van der Waals surface area contributed by atoms with Crippen molar-refractivity contribution in [1.29, 1.82) is 0 Å². The molecule has 4 nitrogen and oxygen atoms in total. The van der Waals surface area contributed by atoms with Crippen molar-refractivity contribution in [3.05, 3.63) is 30.7 Å². The Morgan fingerprint density at radius 2 is 2.15 bits per heavy atom. The van der Waals surface area contributed by atoms with Crippen LogP contribution < -0.4 is 0 Å². The zero-order valence-electron chi connectivity index (χ0n) is 8.06. The molecule has 0 unspecified atom stereocenters. The van der Waals surface area contributed by atoms with Gasteiger partial charge in [-0.15, -0.1) is 0 Å². The zero-order chi connectivity index (χ0) is 9.68. The van der Waals surface area contributed by atoms with E-state index in [2.05, 4.69) is 9.97 Å². The Morgan fingerprint density at radius 1 is 1.38 bits per heavy atom. The van der Waals surface area contributed by atoms with Crippen molar-refractivity contribution < 1.29 is 4.42 Å². The second-order valence-corrected chi connectivity index (χ2v) is 2.24. The maximum atomic E-state index is 5.12. The second kappa shape index (κ2) is 4.45. The quantitative estimate of drug-likeness (QED) is 0.674. The molecule has 0 bridgehead atoms. The van der Waals surface area contributed by atoms with Crippen molar-refractivity contribution in [1.82, 2.24) is 14.5 Å². The van der Waals surface area contributed by atoms with E-state index in [1.165, 1.54) is 0 Å². The van der Waals surface area contributed by atoms with Crippen LogP contribution in [0.25, 0.3) is 6.01 Å². The molecule has 0 saturated carbocycles. The summed E-state index contributed by atoms with van der Waals surface area (Å²) in [5.41, 5.74) is 0.869. The van der Waals surface area contributed by atoms with Gasteiger partial charge in [-0.2, -0.15) is 4.98 Å². The Bertz CT molecular complexity index is 337. The number of oxazole rings is 1. The summed E-state index contributed by atoms with van der Waals surface area (Å²) in [6.07, 6.45) is 6.71.